The van der Waals surface area contributed by atoms with Crippen molar-refractivity contribution in [2.75, 3.05) is 5.32 Å². The number of carbonyl (C=O) groups excluding carboxylic acids is 1. The first-order valence-corrected chi connectivity index (χ1v) is 11.4. The van der Waals surface area contributed by atoms with Gasteiger partial charge in [-0.2, -0.15) is 0 Å². The quantitative estimate of drug-likeness (QED) is 0.323. The minimum atomic E-state index is -0.0686. The molecule has 172 valence electrons. The zero-order valence-corrected chi connectivity index (χ0v) is 19.5. The largest absolute Gasteiger partial charge is 0.421 e. The normalized spacial score (nSPS) is 10.8. The Bertz CT molecular complexity index is 1470. The molecule has 0 saturated heterocycles. The zero-order chi connectivity index (χ0) is 24.2. The third-order valence-corrected chi connectivity index (χ3v) is 5.75. The number of pyridine rings is 1. The van der Waals surface area contributed by atoms with Crippen LogP contribution in [0.4, 0.5) is 5.69 Å². The van der Waals surface area contributed by atoms with Crippen LogP contribution in [0.15, 0.2) is 95.5 Å². The standard InChI is InChI=1S/C29H24N4O2/c1-19-9-12-24(29-33-32-20(2)35-29)18-26(19)22-13-10-21(11-14-22)16-28(34)31-25-7-5-6-23(17-25)27-8-3-4-15-30-27/h3-15,17-18H,16H2,1-2H3,(H,31,34). The van der Waals surface area contributed by atoms with Crippen molar-refractivity contribution in [2.45, 2.75) is 20.3 Å². The number of aromatic nitrogens is 3. The van der Waals surface area contributed by atoms with Gasteiger partial charge >= 0.3 is 0 Å². The SMILES string of the molecule is Cc1nnc(-c2ccc(C)c(-c3ccc(CC(=O)Nc4cccc(-c5ccccn5)c4)cc3)c2)o1. The van der Waals surface area contributed by atoms with E-state index >= 15 is 0 Å². The van der Waals surface area contributed by atoms with Crippen LogP contribution in [0.1, 0.15) is 17.0 Å². The summed E-state index contributed by atoms with van der Waals surface area (Å²) in [6.45, 7) is 3.84. The van der Waals surface area contributed by atoms with Crippen molar-refractivity contribution in [1.29, 1.82) is 0 Å². The van der Waals surface area contributed by atoms with Crippen LogP contribution in [0.3, 0.4) is 0 Å². The van der Waals surface area contributed by atoms with E-state index in [2.05, 4.69) is 33.5 Å². The molecular formula is C29H24N4O2. The Morgan fingerprint density at radius 2 is 1.66 bits per heavy atom. The van der Waals surface area contributed by atoms with E-state index in [9.17, 15) is 4.79 Å². The molecule has 0 bridgehead atoms. The second-order valence-corrected chi connectivity index (χ2v) is 8.37. The van der Waals surface area contributed by atoms with Gasteiger partial charge in [-0.15, -0.1) is 10.2 Å². The third kappa shape index (κ3) is 5.17. The van der Waals surface area contributed by atoms with Gasteiger partial charge in [0.05, 0.1) is 12.1 Å². The summed E-state index contributed by atoms with van der Waals surface area (Å²) in [6, 6.07) is 27.6. The lowest BCUT2D eigenvalue weighted by molar-refractivity contribution is -0.115. The Balaban J connectivity index is 1.28. The topological polar surface area (TPSA) is 80.9 Å². The van der Waals surface area contributed by atoms with E-state index < -0.39 is 0 Å². The number of anilines is 1. The second-order valence-electron chi connectivity index (χ2n) is 8.37. The molecule has 2 aromatic heterocycles. The number of rotatable bonds is 6. The Morgan fingerprint density at radius 1 is 0.829 bits per heavy atom. The molecule has 3 aromatic carbocycles. The maximum absolute atomic E-state index is 12.7. The van der Waals surface area contributed by atoms with Gasteiger partial charge in [0.15, 0.2) is 0 Å². The van der Waals surface area contributed by atoms with Gasteiger partial charge in [0.2, 0.25) is 17.7 Å². The number of amides is 1. The highest BCUT2D eigenvalue weighted by atomic mass is 16.4. The molecule has 0 aliphatic rings. The maximum Gasteiger partial charge on any atom is 0.247 e. The Labute approximate surface area is 203 Å². The summed E-state index contributed by atoms with van der Waals surface area (Å²) < 4.78 is 5.57. The van der Waals surface area contributed by atoms with E-state index in [1.165, 1.54) is 0 Å². The first kappa shape index (κ1) is 22.2. The van der Waals surface area contributed by atoms with Gasteiger partial charge in [0.25, 0.3) is 0 Å². The maximum atomic E-state index is 12.7. The fourth-order valence-electron chi connectivity index (χ4n) is 3.96. The van der Waals surface area contributed by atoms with Crippen LogP contribution >= 0.6 is 0 Å². The van der Waals surface area contributed by atoms with Gasteiger partial charge in [-0.3, -0.25) is 9.78 Å². The van der Waals surface area contributed by atoms with Crippen molar-refractivity contribution in [3.05, 3.63) is 108 Å². The second kappa shape index (κ2) is 9.73. The number of aryl methyl sites for hydroxylation is 2. The Morgan fingerprint density at radius 3 is 2.40 bits per heavy atom. The van der Waals surface area contributed by atoms with E-state index in [4.69, 9.17) is 4.42 Å². The Hall–Kier alpha value is -4.58. The average Bonchev–Trinajstić information content (AvgIpc) is 3.32. The lowest BCUT2D eigenvalue weighted by Gasteiger charge is -2.10. The lowest BCUT2D eigenvalue weighted by atomic mass is 9.96. The van der Waals surface area contributed by atoms with Crippen molar-refractivity contribution < 1.29 is 9.21 Å². The molecule has 0 unspecified atom stereocenters. The number of hydrogen-bond donors (Lipinski definition) is 1. The molecule has 0 aliphatic carbocycles. The van der Waals surface area contributed by atoms with Crippen LogP contribution in [-0.4, -0.2) is 21.1 Å². The molecule has 1 amide bonds. The summed E-state index contributed by atoms with van der Waals surface area (Å²) in [7, 11) is 0. The van der Waals surface area contributed by atoms with Gasteiger partial charge < -0.3 is 9.73 Å². The number of hydrogen-bond acceptors (Lipinski definition) is 5. The summed E-state index contributed by atoms with van der Waals surface area (Å²) in [6.07, 6.45) is 2.04. The van der Waals surface area contributed by atoms with Crippen LogP contribution in [-0.2, 0) is 11.2 Å². The molecule has 6 nitrogen and oxygen atoms in total. The number of nitrogens with one attached hydrogen (secondary N) is 1. The molecular weight excluding hydrogens is 436 g/mol. The van der Waals surface area contributed by atoms with Crippen molar-refractivity contribution >= 4 is 11.6 Å². The van der Waals surface area contributed by atoms with Crippen molar-refractivity contribution in [3.63, 3.8) is 0 Å². The van der Waals surface area contributed by atoms with E-state index in [0.717, 1.165) is 44.8 Å². The summed E-state index contributed by atoms with van der Waals surface area (Å²) in [5, 5.41) is 11.0. The van der Waals surface area contributed by atoms with Gasteiger partial charge in [-0.25, -0.2) is 0 Å². The smallest absolute Gasteiger partial charge is 0.247 e. The number of benzene rings is 3. The number of carbonyl (C=O) groups is 1. The molecule has 0 aliphatic heterocycles. The molecule has 5 rings (SSSR count). The Kier molecular flexibility index (Phi) is 6.18. The van der Waals surface area contributed by atoms with Crippen molar-refractivity contribution in [2.24, 2.45) is 0 Å². The van der Waals surface area contributed by atoms with Gasteiger partial charge in [0.1, 0.15) is 0 Å². The fourth-order valence-corrected chi connectivity index (χ4v) is 3.96. The molecule has 0 spiro atoms. The predicted octanol–water partition coefficient (Wildman–Crippen LogP) is 6.26. The third-order valence-electron chi connectivity index (χ3n) is 5.75. The first-order chi connectivity index (χ1) is 17.0. The molecule has 5 aromatic rings. The fraction of sp³-hybridized carbons (Fsp3) is 0.103. The van der Waals surface area contributed by atoms with Crippen molar-refractivity contribution in [1.82, 2.24) is 15.2 Å². The van der Waals surface area contributed by atoms with E-state index in [0.29, 0.717) is 11.8 Å². The van der Waals surface area contributed by atoms with Crippen molar-refractivity contribution in [3.8, 4) is 33.8 Å². The minimum absolute atomic E-state index is 0.0686. The molecule has 35 heavy (non-hydrogen) atoms. The van der Waals surface area contributed by atoms with Gasteiger partial charge in [-0.05, 0) is 65.6 Å². The molecule has 0 atom stereocenters. The van der Waals surface area contributed by atoms with E-state index in [1.807, 2.05) is 78.9 Å². The lowest BCUT2D eigenvalue weighted by Crippen LogP contribution is -2.14. The molecule has 2 heterocycles. The summed E-state index contributed by atoms with van der Waals surface area (Å²) in [5.41, 5.74) is 7.68. The first-order valence-electron chi connectivity index (χ1n) is 11.4. The van der Waals surface area contributed by atoms with Gasteiger partial charge in [0, 0.05) is 29.9 Å². The molecule has 0 saturated carbocycles. The average molecular weight is 461 g/mol. The predicted molar refractivity (Wildman–Crippen MR) is 137 cm³/mol. The molecule has 0 radical (unpaired) electrons. The summed E-state index contributed by atoms with van der Waals surface area (Å²) in [5.74, 6) is 0.971. The van der Waals surface area contributed by atoms with Gasteiger partial charge in [-0.1, -0.05) is 48.5 Å². The highest BCUT2D eigenvalue weighted by Crippen LogP contribution is 2.29. The monoisotopic (exact) mass is 460 g/mol. The van der Waals surface area contributed by atoms with Crippen LogP contribution in [0.5, 0.6) is 0 Å². The van der Waals surface area contributed by atoms with Crippen LogP contribution < -0.4 is 5.32 Å². The van der Waals surface area contributed by atoms with Crippen LogP contribution in [0.2, 0.25) is 0 Å². The minimum Gasteiger partial charge on any atom is -0.421 e. The summed E-state index contributed by atoms with van der Waals surface area (Å²) in [4.78, 5) is 17.1. The molecule has 0 fully saturated rings. The molecule has 6 heteroatoms. The molecule has 1 N–H and O–H groups in total. The highest BCUT2D eigenvalue weighted by molar-refractivity contribution is 5.93. The van der Waals surface area contributed by atoms with E-state index in [-0.39, 0.29) is 12.3 Å². The van der Waals surface area contributed by atoms with E-state index in [1.54, 1.807) is 13.1 Å². The number of nitrogens with zero attached hydrogens (tertiary/aromatic N) is 3. The van der Waals surface area contributed by atoms with Crippen LogP contribution in [0, 0.1) is 13.8 Å². The van der Waals surface area contributed by atoms with Crippen LogP contribution in [0.25, 0.3) is 33.8 Å². The highest BCUT2D eigenvalue weighted by Gasteiger charge is 2.11. The zero-order valence-electron chi connectivity index (χ0n) is 19.5. The summed E-state index contributed by atoms with van der Waals surface area (Å²) >= 11 is 0.